The molecule has 1 N–H and O–H groups in total. The molecular weight excluding hydrogens is 116 g/mol. The lowest BCUT2D eigenvalue weighted by Gasteiger charge is -2.26. The molecule has 9 heavy (non-hydrogen) atoms. The molecule has 0 aliphatic carbocycles. The first-order chi connectivity index (χ1) is 4.20. The fourth-order valence-electron chi connectivity index (χ4n) is 0.877. The molecule has 0 aromatic carbocycles. The normalized spacial score (nSPS) is 36.0. The van der Waals surface area contributed by atoms with Crippen LogP contribution in [0.2, 0.25) is 0 Å². The lowest BCUT2D eigenvalue weighted by Crippen LogP contribution is -2.25. The Morgan fingerprint density at radius 2 is 2.44 bits per heavy atom. The average Bonchev–Trinajstić information content (AvgIpc) is 1.80. The first kappa shape index (κ1) is 6.62. The van der Waals surface area contributed by atoms with E-state index in [1.54, 1.807) is 0 Å². The molecule has 0 spiro atoms. The Morgan fingerprint density at radius 3 is 2.89 bits per heavy atom. The largest absolute Gasteiger partial charge is 0.470 e. The van der Waals surface area contributed by atoms with E-state index in [2.05, 4.69) is 6.58 Å². The van der Waals surface area contributed by atoms with Gasteiger partial charge in [0.1, 0.15) is 0 Å². The summed E-state index contributed by atoms with van der Waals surface area (Å²) >= 11 is 0. The van der Waals surface area contributed by atoms with Crippen LogP contribution in [0, 0.1) is 5.92 Å². The zero-order valence-corrected chi connectivity index (χ0v) is 5.63. The fraction of sp³-hybridized carbons (Fsp3) is 0.714. The SMILES string of the molecule is C=C1CCC(C)C(O)O1. The van der Waals surface area contributed by atoms with Gasteiger partial charge in [0.25, 0.3) is 0 Å². The lowest BCUT2D eigenvalue weighted by molar-refractivity contribution is -0.121. The highest BCUT2D eigenvalue weighted by Crippen LogP contribution is 2.23. The van der Waals surface area contributed by atoms with Gasteiger partial charge in [0.2, 0.25) is 0 Å². The maximum atomic E-state index is 9.07. The summed E-state index contributed by atoms with van der Waals surface area (Å²) in [6.07, 6.45) is 1.25. The Morgan fingerprint density at radius 1 is 1.78 bits per heavy atom. The summed E-state index contributed by atoms with van der Waals surface area (Å²) in [7, 11) is 0. The molecule has 52 valence electrons. The minimum absolute atomic E-state index is 0.260. The van der Waals surface area contributed by atoms with Gasteiger partial charge in [-0.3, -0.25) is 0 Å². The van der Waals surface area contributed by atoms with Gasteiger partial charge in [0, 0.05) is 12.3 Å². The summed E-state index contributed by atoms with van der Waals surface area (Å²) in [6.45, 7) is 5.59. The zero-order chi connectivity index (χ0) is 6.85. The van der Waals surface area contributed by atoms with Crippen molar-refractivity contribution in [2.45, 2.75) is 26.1 Å². The smallest absolute Gasteiger partial charge is 0.199 e. The second-order valence-corrected chi connectivity index (χ2v) is 2.56. The quantitative estimate of drug-likeness (QED) is 0.532. The first-order valence-electron chi connectivity index (χ1n) is 3.22. The Hall–Kier alpha value is -0.500. The second-order valence-electron chi connectivity index (χ2n) is 2.56. The molecule has 2 nitrogen and oxygen atoms in total. The molecular formula is C7H12O2. The second kappa shape index (κ2) is 2.40. The van der Waals surface area contributed by atoms with E-state index in [1.165, 1.54) is 0 Å². The van der Waals surface area contributed by atoms with Crippen molar-refractivity contribution < 1.29 is 9.84 Å². The highest BCUT2D eigenvalue weighted by Gasteiger charge is 2.21. The molecule has 0 bridgehead atoms. The van der Waals surface area contributed by atoms with Crippen molar-refractivity contribution in [3.8, 4) is 0 Å². The maximum absolute atomic E-state index is 9.07. The van der Waals surface area contributed by atoms with E-state index in [9.17, 15) is 0 Å². The summed E-state index contributed by atoms with van der Waals surface area (Å²) in [4.78, 5) is 0. The Balaban J connectivity index is 2.44. The summed E-state index contributed by atoms with van der Waals surface area (Å²) in [5, 5.41) is 9.07. The minimum atomic E-state index is -0.619. The Kier molecular flexibility index (Phi) is 1.76. The van der Waals surface area contributed by atoms with Crippen LogP contribution in [0.3, 0.4) is 0 Å². The van der Waals surface area contributed by atoms with Crippen molar-refractivity contribution in [3.05, 3.63) is 12.3 Å². The summed E-state index contributed by atoms with van der Waals surface area (Å²) in [6, 6.07) is 0. The molecule has 1 rings (SSSR count). The molecule has 2 heteroatoms. The van der Waals surface area contributed by atoms with Gasteiger partial charge in [-0.25, -0.2) is 0 Å². The van der Waals surface area contributed by atoms with E-state index in [0.29, 0.717) is 5.76 Å². The number of rotatable bonds is 0. The van der Waals surface area contributed by atoms with E-state index < -0.39 is 6.29 Å². The molecule has 1 fully saturated rings. The maximum Gasteiger partial charge on any atom is 0.199 e. The molecule has 0 amide bonds. The first-order valence-corrected chi connectivity index (χ1v) is 3.22. The third-order valence-electron chi connectivity index (χ3n) is 1.65. The number of ether oxygens (including phenoxy) is 1. The Labute approximate surface area is 55.1 Å². The Bertz CT molecular complexity index is 120. The highest BCUT2D eigenvalue weighted by molar-refractivity contribution is 4.87. The van der Waals surface area contributed by atoms with Crippen LogP contribution >= 0.6 is 0 Å². The van der Waals surface area contributed by atoms with Crippen LogP contribution in [0.5, 0.6) is 0 Å². The summed E-state index contributed by atoms with van der Waals surface area (Å²) in [5.41, 5.74) is 0. The van der Waals surface area contributed by atoms with Gasteiger partial charge in [-0.1, -0.05) is 13.5 Å². The van der Waals surface area contributed by atoms with Crippen molar-refractivity contribution in [1.29, 1.82) is 0 Å². The molecule has 0 aromatic heterocycles. The van der Waals surface area contributed by atoms with Crippen molar-refractivity contribution >= 4 is 0 Å². The van der Waals surface area contributed by atoms with Crippen molar-refractivity contribution in [2.75, 3.05) is 0 Å². The molecule has 0 radical (unpaired) electrons. The van der Waals surface area contributed by atoms with E-state index in [1.807, 2.05) is 6.92 Å². The van der Waals surface area contributed by atoms with Crippen LogP contribution in [0.25, 0.3) is 0 Å². The van der Waals surface area contributed by atoms with Gasteiger partial charge in [-0.2, -0.15) is 0 Å². The van der Waals surface area contributed by atoms with Crippen LogP contribution in [-0.4, -0.2) is 11.4 Å². The van der Waals surface area contributed by atoms with Gasteiger partial charge in [0.15, 0.2) is 6.29 Å². The molecule has 1 aliphatic heterocycles. The van der Waals surface area contributed by atoms with Gasteiger partial charge >= 0.3 is 0 Å². The van der Waals surface area contributed by atoms with E-state index in [-0.39, 0.29) is 5.92 Å². The van der Waals surface area contributed by atoms with Gasteiger partial charge in [-0.05, 0) is 6.42 Å². The van der Waals surface area contributed by atoms with Gasteiger partial charge < -0.3 is 9.84 Å². The van der Waals surface area contributed by atoms with Gasteiger partial charge in [0.05, 0.1) is 5.76 Å². The number of hydrogen-bond donors (Lipinski definition) is 1. The third-order valence-corrected chi connectivity index (χ3v) is 1.65. The molecule has 2 unspecified atom stereocenters. The van der Waals surface area contributed by atoms with E-state index >= 15 is 0 Å². The summed E-state index contributed by atoms with van der Waals surface area (Å²) in [5.74, 6) is 0.969. The standard InChI is InChI=1S/C7H12O2/c1-5-3-4-6(2)9-7(5)8/h5,7-8H,2-4H2,1H3. The van der Waals surface area contributed by atoms with Crippen LogP contribution in [0.4, 0.5) is 0 Å². The molecule has 2 atom stereocenters. The van der Waals surface area contributed by atoms with Gasteiger partial charge in [-0.15, -0.1) is 0 Å². The molecule has 1 saturated heterocycles. The van der Waals surface area contributed by atoms with E-state index in [0.717, 1.165) is 12.8 Å². The van der Waals surface area contributed by atoms with Crippen molar-refractivity contribution in [2.24, 2.45) is 5.92 Å². The molecule has 1 aliphatic rings. The minimum Gasteiger partial charge on any atom is -0.470 e. The zero-order valence-electron chi connectivity index (χ0n) is 5.63. The van der Waals surface area contributed by atoms with Crippen molar-refractivity contribution in [1.82, 2.24) is 0 Å². The predicted molar refractivity (Wildman–Crippen MR) is 34.6 cm³/mol. The topological polar surface area (TPSA) is 29.5 Å². The average molecular weight is 128 g/mol. The van der Waals surface area contributed by atoms with Crippen LogP contribution in [0.1, 0.15) is 19.8 Å². The predicted octanol–water partition coefficient (Wildman–Crippen LogP) is 1.27. The van der Waals surface area contributed by atoms with Crippen LogP contribution in [-0.2, 0) is 4.74 Å². The number of aliphatic hydroxyl groups excluding tert-OH is 1. The molecule has 1 heterocycles. The highest BCUT2D eigenvalue weighted by atomic mass is 16.6. The third kappa shape index (κ3) is 1.45. The summed E-state index contributed by atoms with van der Waals surface area (Å²) < 4.78 is 4.96. The monoisotopic (exact) mass is 128 g/mol. The fourth-order valence-corrected chi connectivity index (χ4v) is 0.877. The van der Waals surface area contributed by atoms with E-state index in [4.69, 9.17) is 9.84 Å². The lowest BCUT2D eigenvalue weighted by atomic mass is 10.0. The number of aliphatic hydroxyl groups is 1. The molecule has 0 saturated carbocycles. The van der Waals surface area contributed by atoms with Crippen molar-refractivity contribution in [3.63, 3.8) is 0 Å². The number of allylic oxidation sites excluding steroid dienone is 1. The van der Waals surface area contributed by atoms with Crippen LogP contribution < -0.4 is 0 Å². The van der Waals surface area contributed by atoms with Crippen LogP contribution in [0.15, 0.2) is 12.3 Å². The molecule has 0 aromatic rings. The number of hydrogen-bond acceptors (Lipinski definition) is 2.